The van der Waals surface area contributed by atoms with E-state index in [0.29, 0.717) is 0 Å². The van der Waals surface area contributed by atoms with Crippen LogP contribution < -0.4 is 5.32 Å². The van der Waals surface area contributed by atoms with Gasteiger partial charge in [-0.3, -0.25) is 4.79 Å². The summed E-state index contributed by atoms with van der Waals surface area (Å²) in [6.07, 6.45) is 1.45. The Balaban J connectivity index is 1.95. The fraction of sp³-hybridized carbons (Fsp3) is 0.750. The van der Waals surface area contributed by atoms with Crippen molar-refractivity contribution >= 4 is 5.91 Å². The van der Waals surface area contributed by atoms with E-state index in [4.69, 9.17) is 0 Å². The second-order valence-electron chi connectivity index (χ2n) is 3.65. The van der Waals surface area contributed by atoms with E-state index in [9.17, 15) is 4.79 Å². The first-order valence-corrected chi connectivity index (χ1v) is 4.98. The van der Waals surface area contributed by atoms with E-state index < -0.39 is 0 Å². The summed E-state index contributed by atoms with van der Waals surface area (Å²) >= 11 is 0. The molecule has 1 aliphatic rings. The van der Waals surface area contributed by atoms with Crippen LogP contribution in [0.15, 0.2) is 6.33 Å². The molecule has 15 heavy (non-hydrogen) atoms. The molecule has 7 heteroatoms. The molecular weight excluding hydrogens is 196 g/mol. The quantitative estimate of drug-likeness (QED) is 0.642. The number of carbonyl (C=O) groups excluding carboxylic acids is 1. The fourth-order valence-corrected chi connectivity index (χ4v) is 1.69. The lowest BCUT2D eigenvalue weighted by Crippen LogP contribution is -2.53. The first kappa shape index (κ1) is 10.0. The Morgan fingerprint density at radius 2 is 2.53 bits per heavy atom. The molecule has 1 amide bonds. The number of rotatable bonds is 2. The van der Waals surface area contributed by atoms with Crippen molar-refractivity contribution in [1.82, 2.24) is 30.4 Å². The van der Waals surface area contributed by atoms with Crippen LogP contribution in [-0.4, -0.2) is 56.7 Å². The third-order valence-electron chi connectivity index (χ3n) is 2.51. The van der Waals surface area contributed by atoms with Crippen LogP contribution in [0.4, 0.5) is 0 Å². The number of carbonyl (C=O) groups is 1. The molecule has 1 aliphatic heterocycles. The zero-order valence-corrected chi connectivity index (χ0v) is 8.63. The van der Waals surface area contributed by atoms with Crippen molar-refractivity contribution in [3.8, 4) is 0 Å². The lowest BCUT2D eigenvalue weighted by Gasteiger charge is -2.33. The second kappa shape index (κ2) is 4.35. The van der Waals surface area contributed by atoms with Gasteiger partial charge in [-0.15, -0.1) is 5.10 Å². The standard InChI is InChI=1S/C8H14N6O/c1-7-4-9-2-3-14(7)8(15)5-13-6-10-11-12-13/h6-7,9H,2-5H2,1H3/t7-/m1/s1. The van der Waals surface area contributed by atoms with Crippen molar-refractivity contribution in [3.63, 3.8) is 0 Å². The lowest BCUT2D eigenvalue weighted by molar-refractivity contribution is -0.134. The molecule has 82 valence electrons. The number of nitrogens with zero attached hydrogens (tertiary/aromatic N) is 5. The van der Waals surface area contributed by atoms with Gasteiger partial charge in [-0.1, -0.05) is 0 Å². The number of nitrogens with one attached hydrogen (secondary N) is 1. The molecule has 1 N–H and O–H groups in total. The maximum atomic E-state index is 11.9. The molecule has 0 aromatic carbocycles. The highest BCUT2D eigenvalue weighted by atomic mass is 16.2. The molecule has 0 saturated carbocycles. The van der Waals surface area contributed by atoms with Crippen molar-refractivity contribution in [2.24, 2.45) is 0 Å². The minimum Gasteiger partial charge on any atom is -0.336 e. The van der Waals surface area contributed by atoms with Gasteiger partial charge in [0.25, 0.3) is 0 Å². The number of piperazine rings is 1. The monoisotopic (exact) mass is 210 g/mol. The van der Waals surface area contributed by atoms with Crippen molar-refractivity contribution in [2.45, 2.75) is 19.5 Å². The van der Waals surface area contributed by atoms with Crippen LogP contribution in [0.1, 0.15) is 6.92 Å². The third-order valence-corrected chi connectivity index (χ3v) is 2.51. The largest absolute Gasteiger partial charge is 0.336 e. The predicted octanol–water partition coefficient (Wildman–Crippen LogP) is -1.51. The van der Waals surface area contributed by atoms with Crippen LogP contribution >= 0.6 is 0 Å². The Morgan fingerprint density at radius 1 is 1.67 bits per heavy atom. The summed E-state index contributed by atoms with van der Waals surface area (Å²) in [6, 6.07) is 0.239. The van der Waals surface area contributed by atoms with E-state index in [1.54, 1.807) is 0 Å². The van der Waals surface area contributed by atoms with Gasteiger partial charge in [-0.2, -0.15) is 0 Å². The minimum absolute atomic E-state index is 0.0660. The van der Waals surface area contributed by atoms with Crippen LogP contribution in [0, 0.1) is 0 Å². The molecule has 0 spiro atoms. The summed E-state index contributed by atoms with van der Waals surface area (Å²) in [5, 5.41) is 13.9. The molecule has 2 rings (SSSR count). The summed E-state index contributed by atoms with van der Waals surface area (Å²) < 4.78 is 1.44. The molecule has 1 atom stereocenters. The van der Waals surface area contributed by atoms with Crippen LogP contribution in [0.2, 0.25) is 0 Å². The molecule has 1 saturated heterocycles. The lowest BCUT2D eigenvalue weighted by atomic mass is 10.2. The highest BCUT2D eigenvalue weighted by Crippen LogP contribution is 2.03. The summed E-state index contributed by atoms with van der Waals surface area (Å²) in [5.74, 6) is 0.0660. The average Bonchev–Trinajstić information content (AvgIpc) is 2.71. The summed E-state index contributed by atoms with van der Waals surface area (Å²) in [5.41, 5.74) is 0. The maximum absolute atomic E-state index is 11.9. The van der Waals surface area contributed by atoms with Crippen molar-refractivity contribution in [3.05, 3.63) is 6.33 Å². The smallest absolute Gasteiger partial charge is 0.244 e. The van der Waals surface area contributed by atoms with E-state index >= 15 is 0 Å². The number of amides is 1. The second-order valence-corrected chi connectivity index (χ2v) is 3.65. The predicted molar refractivity (Wildman–Crippen MR) is 51.9 cm³/mol. The van der Waals surface area contributed by atoms with Gasteiger partial charge in [-0.25, -0.2) is 4.68 Å². The Labute approximate surface area is 87.4 Å². The first-order chi connectivity index (χ1) is 7.27. The van der Waals surface area contributed by atoms with Gasteiger partial charge in [0.1, 0.15) is 12.9 Å². The van der Waals surface area contributed by atoms with E-state index in [2.05, 4.69) is 20.8 Å². The minimum atomic E-state index is 0.0660. The number of tetrazole rings is 1. The third kappa shape index (κ3) is 2.30. The molecule has 1 fully saturated rings. The Bertz CT molecular complexity index is 324. The normalized spacial score (nSPS) is 21.7. The molecule has 7 nitrogen and oxygen atoms in total. The Kier molecular flexibility index (Phi) is 2.91. The van der Waals surface area contributed by atoms with Crippen LogP contribution in [0.3, 0.4) is 0 Å². The van der Waals surface area contributed by atoms with Gasteiger partial charge in [0.15, 0.2) is 0 Å². The Morgan fingerprint density at radius 3 is 3.20 bits per heavy atom. The van der Waals surface area contributed by atoms with Crippen LogP contribution in [0.5, 0.6) is 0 Å². The molecule has 0 radical (unpaired) electrons. The van der Waals surface area contributed by atoms with E-state index in [-0.39, 0.29) is 18.5 Å². The number of aromatic nitrogens is 4. The SMILES string of the molecule is C[C@@H]1CNCCN1C(=O)Cn1cnnn1. The molecule has 0 bridgehead atoms. The average molecular weight is 210 g/mol. The van der Waals surface area contributed by atoms with E-state index in [1.807, 2.05) is 11.8 Å². The van der Waals surface area contributed by atoms with Gasteiger partial charge >= 0.3 is 0 Å². The summed E-state index contributed by atoms with van der Waals surface area (Å²) in [4.78, 5) is 13.7. The van der Waals surface area contributed by atoms with E-state index in [0.717, 1.165) is 19.6 Å². The maximum Gasteiger partial charge on any atom is 0.244 e. The highest BCUT2D eigenvalue weighted by Gasteiger charge is 2.22. The summed E-state index contributed by atoms with van der Waals surface area (Å²) in [6.45, 7) is 4.70. The number of hydrogen-bond donors (Lipinski definition) is 1. The molecule has 2 heterocycles. The van der Waals surface area contributed by atoms with Crippen molar-refractivity contribution in [2.75, 3.05) is 19.6 Å². The van der Waals surface area contributed by atoms with Crippen LogP contribution in [-0.2, 0) is 11.3 Å². The topological polar surface area (TPSA) is 75.9 Å². The van der Waals surface area contributed by atoms with Gasteiger partial charge < -0.3 is 10.2 Å². The van der Waals surface area contributed by atoms with E-state index in [1.165, 1.54) is 11.0 Å². The first-order valence-electron chi connectivity index (χ1n) is 4.98. The molecule has 1 aromatic heterocycles. The fourth-order valence-electron chi connectivity index (χ4n) is 1.69. The molecule has 0 aliphatic carbocycles. The summed E-state index contributed by atoms with van der Waals surface area (Å²) in [7, 11) is 0. The molecule has 0 unspecified atom stereocenters. The van der Waals surface area contributed by atoms with Crippen molar-refractivity contribution < 1.29 is 4.79 Å². The molecule has 1 aromatic rings. The van der Waals surface area contributed by atoms with Crippen molar-refractivity contribution in [1.29, 1.82) is 0 Å². The van der Waals surface area contributed by atoms with Gasteiger partial charge in [0, 0.05) is 25.7 Å². The zero-order valence-electron chi connectivity index (χ0n) is 8.63. The van der Waals surface area contributed by atoms with Gasteiger partial charge in [0.2, 0.25) is 5.91 Å². The Hall–Kier alpha value is -1.50. The molecular formula is C8H14N6O. The van der Waals surface area contributed by atoms with Gasteiger partial charge in [0.05, 0.1) is 0 Å². The van der Waals surface area contributed by atoms with Gasteiger partial charge in [-0.05, 0) is 17.4 Å². The zero-order chi connectivity index (χ0) is 10.7. The number of hydrogen-bond acceptors (Lipinski definition) is 5. The highest BCUT2D eigenvalue weighted by molar-refractivity contribution is 5.76. The van der Waals surface area contributed by atoms with Crippen LogP contribution in [0.25, 0.3) is 0 Å².